The molecule has 1 aliphatic heterocycles. The van der Waals surface area contributed by atoms with Crippen molar-refractivity contribution in [3.63, 3.8) is 0 Å². The third-order valence-corrected chi connectivity index (χ3v) is 3.88. The first-order valence-electron chi connectivity index (χ1n) is 7.14. The molecule has 1 aliphatic rings. The summed E-state index contributed by atoms with van der Waals surface area (Å²) in [5.74, 6) is -0.892. The molecule has 2 atom stereocenters. The molecule has 0 amide bonds. The first-order chi connectivity index (χ1) is 9.89. The van der Waals surface area contributed by atoms with E-state index in [1.54, 1.807) is 19.1 Å². The van der Waals surface area contributed by atoms with Crippen LogP contribution in [0.25, 0.3) is 0 Å². The number of carbonyl (C=O) groups is 2. The van der Waals surface area contributed by atoms with Crippen LogP contribution in [0.4, 0.5) is 0 Å². The first kappa shape index (κ1) is 15.5. The molecule has 0 radical (unpaired) electrons. The van der Waals surface area contributed by atoms with E-state index in [1.165, 1.54) is 0 Å². The van der Waals surface area contributed by atoms with Gasteiger partial charge >= 0.3 is 5.97 Å². The minimum Gasteiger partial charge on any atom is -0.483 e. The van der Waals surface area contributed by atoms with Crippen LogP contribution in [0.15, 0.2) is 18.2 Å². The maximum atomic E-state index is 12.4. The standard InChI is InChI=1S/C16H20O5/c1-3-5-10-6-4-7-11-13(19)15(20)16(2,21-14(10)11)9-8-12(17)18/h4,6-7,15,20H,3,5,8-9H2,1-2H3,(H,17,18). The fraction of sp³-hybridized carbons (Fsp3) is 0.500. The molecule has 5 heteroatoms. The second kappa shape index (κ2) is 5.85. The molecule has 0 aliphatic carbocycles. The molecule has 0 fully saturated rings. The number of aryl methyl sites for hydroxylation is 1. The van der Waals surface area contributed by atoms with Gasteiger partial charge in [0.05, 0.1) is 5.56 Å². The van der Waals surface area contributed by atoms with Gasteiger partial charge in [0, 0.05) is 12.8 Å². The molecular weight excluding hydrogens is 272 g/mol. The van der Waals surface area contributed by atoms with E-state index in [-0.39, 0.29) is 12.8 Å². The Kier molecular flexibility index (Phi) is 4.32. The molecule has 1 aromatic carbocycles. The average molecular weight is 292 g/mol. The summed E-state index contributed by atoms with van der Waals surface area (Å²) < 4.78 is 5.90. The van der Waals surface area contributed by atoms with Gasteiger partial charge in [0.15, 0.2) is 11.9 Å². The van der Waals surface area contributed by atoms with E-state index in [1.807, 2.05) is 13.0 Å². The molecule has 0 bridgehead atoms. The molecule has 2 rings (SSSR count). The van der Waals surface area contributed by atoms with Gasteiger partial charge in [-0.25, -0.2) is 0 Å². The minimum atomic E-state index is -1.35. The second-order valence-electron chi connectivity index (χ2n) is 5.62. The monoisotopic (exact) mass is 292 g/mol. The Morgan fingerprint density at radius 2 is 2.14 bits per heavy atom. The van der Waals surface area contributed by atoms with Crippen LogP contribution in [0.3, 0.4) is 0 Å². The van der Waals surface area contributed by atoms with Crippen LogP contribution in [0.5, 0.6) is 5.75 Å². The van der Waals surface area contributed by atoms with Gasteiger partial charge in [-0.2, -0.15) is 0 Å². The largest absolute Gasteiger partial charge is 0.483 e. The zero-order chi connectivity index (χ0) is 15.6. The molecule has 2 N–H and O–H groups in total. The van der Waals surface area contributed by atoms with E-state index in [4.69, 9.17) is 9.84 Å². The van der Waals surface area contributed by atoms with Crippen LogP contribution in [0.2, 0.25) is 0 Å². The number of carboxylic acids is 1. The van der Waals surface area contributed by atoms with Crippen molar-refractivity contribution in [2.75, 3.05) is 0 Å². The Morgan fingerprint density at radius 1 is 1.43 bits per heavy atom. The summed E-state index contributed by atoms with van der Waals surface area (Å²) in [4.78, 5) is 23.1. The number of hydrogen-bond acceptors (Lipinski definition) is 4. The van der Waals surface area contributed by atoms with E-state index in [9.17, 15) is 14.7 Å². The average Bonchev–Trinajstić information content (AvgIpc) is 2.44. The minimum absolute atomic E-state index is 0.0785. The Morgan fingerprint density at radius 3 is 2.76 bits per heavy atom. The lowest BCUT2D eigenvalue weighted by Crippen LogP contribution is -2.53. The molecule has 0 aromatic heterocycles. The number of ether oxygens (including phenoxy) is 1. The third-order valence-electron chi connectivity index (χ3n) is 3.88. The number of aliphatic hydroxyl groups is 1. The first-order valence-corrected chi connectivity index (χ1v) is 7.14. The number of para-hydroxylation sites is 1. The smallest absolute Gasteiger partial charge is 0.303 e. The van der Waals surface area contributed by atoms with Crippen LogP contribution in [0, 0.1) is 0 Å². The highest BCUT2D eigenvalue weighted by Crippen LogP contribution is 2.38. The van der Waals surface area contributed by atoms with Gasteiger partial charge in [-0.15, -0.1) is 0 Å². The van der Waals surface area contributed by atoms with Crippen molar-refractivity contribution in [3.8, 4) is 5.75 Å². The molecular formula is C16H20O5. The van der Waals surface area contributed by atoms with Crippen LogP contribution < -0.4 is 4.74 Å². The highest BCUT2D eigenvalue weighted by atomic mass is 16.5. The lowest BCUT2D eigenvalue weighted by atomic mass is 9.84. The van der Waals surface area contributed by atoms with Crippen molar-refractivity contribution in [1.82, 2.24) is 0 Å². The van der Waals surface area contributed by atoms with Crippen molar-refractivity contribution < 1.29 is 24.5 Å². The molecule has 2 unspecified atom stereocenters. The Hall–Kier alpha value is -1.88. The van der Waals surface area contributed by atoms with Gasteiger partial charge in [0.25, 0.3) is 0 Å². The molecule has 1 aromatic rings. The summed E-state index contributed by atoms with van der Waals surface area (Å²) in [6, 6.07) is 5.31. The van der Waals surface area contributed by atoms with Crippen molar-refractivity contribution in [2.24, 2.45) is 0 Å². The quantitative estimate of drug-likeness (QED) is 0.869. The fourth-order valence-corrected chi connectivity index (χ4v) is 2.62. The number of benzene rings is 1. The van der Waals surface area contributed by atoms with E-state index in [0.717, 1.165) is 18.4 Å². The topological polar surface area (TPSA) is 83.8 Å². The van der Waals surface area contributed by atoms with Gasteiger partial charge in [-0.3, -0.25) is 9.59 Å². The number of Topliss-reactive ketones (excluding diaryl/α,β-unsaturated/α-hetero) is 1. The Bertz CT molecular complexity index is 566. The number of hydrogen-bond donors (Lipinski definition) is 2. The molecule has 21 heavy (non-hydrogen) atoms. The Labute approximate surface area is 123 Å². The van der Waals surface area contributed by atoms with Gasteiger partial charge in [0.1, 0.15) is 11.4 Å². The number of rotatable bonds is 5. The lowest BCUT2D eigenvalue weighted by molar-refractivity contribution is -0.139. The van der Waals surface area contributed by atoms with Crippen LogP contribution in [-0.2, 0) is 11.2 Å². The van der Waals surface area contributed by atoms with Crippen molar-refractivity contribution in [1.29, 1.82) is 0 Å². The number of ketones is 1. The maximum Gasteiger partial charge on any atom is 0.303 e. The normalized spacial score (nSPS) is 24.3. The number of carbonyl (C=O) groups excluding carboxylic acids is 1. The van der Waals surface area contributed by atoms with E-state index in [2.05, 4.69) is 0 Å². The lowest BCUT2D eigenvalue weighted by Gasteiger charge is -2.39. The molecule has 0 spiro atoms. The highest BCUT2D eigenvalue weighted by Gasteiger charge is 2.46. The molecule has 5 nitrogen and oxygen atoms in total. The van der Waals surface area contributed by atoms with Gasteiger partial charge in [0.2, 0.25) is 0 Å². The highest BCUT2D eigenvalue weighted by molar-refractivity contribution is 6.04. The van der Waals surface area contributed by atoms with Crippen LogP contribution in [0.1, 0.15) is 49.0 Å². The van der Waals surface area contributed by atoms with E-state index < -0.39 is 23.5 Å². The van der Waals surface area contributed by atoms with Crippen molar-refractivity contribution in [2.45, 2.75) is 51.2 Å². The second-order valence-corrected chi connectivity index (χ2v) is 5.62. The van der Waals surface area contributed by atoms with E-state index in [0.29, 0.717) is 11.3 Å². The summed E-state index contributed by atoms with van der Waals surface area (Å²) in [5, 5.41) is 19.0. The summed E-state index contributed by atoms with van der Waals surface area (Å²) >= 11 is 0. The van der Waals surface area contributed by atoms with Gasteiger partial charge in [-0.1, -0.05) is 25.5 Å². The van der Waals surface area contributed by atoms with Crippen LogP contribution >= 0.6 is 0 Å². The van der Waals surface area contributed by atoms with Gasteiger partial charge in [-0.05, 0) is 25.0 Å². The number of carboxylic acid groups (broad SMARTS) is 1. The summed E-state index contributed by atoms with van der Waals surface area (Å²) in [6.45, 7) is 3.62. The van der Waals surface area contributed by atoms with E-state index >= 15 is 0 Å². The zero-order valence-electron chi connectivity index (χ0n) is 12.3. The summed E-state index contributed by atoms with van der Waals surface area (Å²) in [6.07, 6.45) is 0.242. The summed E-state index contributed by atoms with van der Waals surface area (Å²) in [5.41, 5.74) is 0.0878. The molecule has 0 saturated carbocycles. The third kappa shape index (κ3) is 2.93. The van der Waals surface area contributed by atoms with Crippen molar-refractivity contribution >= 4 is 11.8 Å². The molecule has 114 valence electrons. The number of fused-ring (bicyclic) bond motifs is 1. The Balaban J connectivity index is 2.39. The van der Waals surface area contributed by atoms with Crippen molar-refractivity contribution in [3.05, 3.63) is 29.3 Å². The SMILES string of the molecule is CCCc1cccc2c1OC(C)(CCC(=O)O)C(O)C2=O. The predicted octanol–water partition coefficient (Wildman–Crippen LogP) is 2.20. The predicted molar refractivity (Wildman–Crippen MR) is 76.7 cm³/mol. The molecule has 0 saturated heterocycles. The number of aliphatic carboxylic acids is 1. The maximum absolute atomic E-state index is 12.4. The molecule has 1 heterocycles. The zero-order valence-corrected chi connectivity index (χ0v) is 12.3. The van der Waals surface area contributed by atoms with Crippen LogP contribution in [-0.4, -0.2) is 33.7 Å². The summed E-state index contributed by atoms with van der Waals surface area (Å²) in [7, 11) is 0. The van der Waals surface area contributed by atoms with Gasteiger partial charge < -0.3 is 14.9 Å². The fourth-order valence-electron chi connectivity index (χ4n) is 2.62. The number of aliphatic hydroxyl groups excluding tert-OH is 1.